The number of hydrogen-bond donors (Lipinski definition) is 0. The van der Waals surface area contributed by atoms with Crippen LogP contribution in [0.2, 0.25) is 0 Å². The molecule has 29 heavy (non-hydrogen) atoms. The smallest absolute Gasteiger partial charge is 0.260 e. The molecule has 0 saturated carbocycles. The Labute approximate surface area is 169 Å². The van der Waals surface area contributed by atoms with Gasteiger partial charge in [0, 0.05) is 24.5 Å². The number of carbonyl (C=O) groups is 1. The van der Waals surface area contributed by atoms with Crippen LogP contribution in [0.5, 0.6) is 11.6 Å². The van der Waals surface area contributed by atoms with Crippen molar-refractivity contribution < 1.29 is 14.3 Å². The maximum Gasteiger partial charge on any atom is 0.260 e. The number of carbonyl (C=O) groups excluding carboxylic acids is 1. The van der Waals surface area contributed by atoms with Crippen molar-refractivity contribution in [3.05, 3.63) is 48.0 Å². The summed E-state index contributed by atoms with van der Waals surface area (Å²) in [6.45, 7) is 5.49. The van der Waals surface area contributed by atoms with Crippen LogP contribution >= 0.6 is 0 Å². The van der Waals surface area contributed by atoms with Crippen molar-refractivity contribution >= 4 is 11.6 Å². The lowest BCUT2D eigenvalue weighted by molar-refractivity contribution is 0.0996. The maximum atomic E-state index is 12.9. The zero-order valence-electron chi connectivity index (χ0n) is 16.9. The Morgan fingerprint density at radius 1 is 1.17 bits per heavy atom. The lowest BCUT2D eigenvalue weighted by Gasteiger charge is -2.12. The van der Waals surface area contributed by atoms with Crippen LogP contribution in [0.3, 0.4) is 0 Å². The van der Waals surface area contributed by atoms with Gasteiger partial charge in [-0.3, -0.25) is 19.4 Å². The lowest BCUT2D eigenvalue weighted by atomic mass is 10.1. The molecule has 1 aliphatic heterocycles. The van der Waals surface area contributed by atoms with E-state index in [4.69, 9.17) is 14.5 Å². The molecule has 0 bridgehead atoms. The van der Waals surface area contributed by atoms with E-state index >= 15 is 0 Å². The van der Waals surface area contributed by atoms with Gasteiger partial charge in [0.25, 0.3) is 11.8 Å². The highest BCUT2D eigenvalue weighted by Gasteiger charge is 2.31. The summed E-state index contributed by atoms with van der Waals surface area (Å²) in [5.41, 5.74) is 3.64. The molecule has 0 radical (unpaired) electrons. The first-order valence-corrected chi connectivity index (χ1v) is 9.42. The van der Waals surface area contributed by atoms with Crippen molar-refractivity contribution in [1.29, 1.82) is 0 Å². The molecule has 3 aromatic rings. The highest BCUT2D eigenvalue weighted by molar-refractivity contribution is 6.09. The van der Waals surface area contributed by atoms with E-state index in [1.54, 1.807) is 31.5 Å². The van der Waals surface area contributed by atoms with Gasteiger partial charge >= 0.3 is 0 Å². The van der Waals surface area contributed by atoms with E-state index in [1.165, 1.54) is 0 Å². The van der Waals surface area contributed by atoms with Crippen LogP contribution in [0, 0.1) is 5.92 Å². The van der Waals surface area contributed by atoms with Gasteiger partial charge in [0.15, 0.2) is 5.75 Å². The number of anilines is 1. The number of aromatic nitrogens is 4. The summed E-state index contributed by atoms with van der Waals surface area (Å²) in [6, 6.07) is 5.46. The first-order valence-electron chi connectivity index (χ1n) is 9.42. The summed E-state index contributed by atoms with van der Waals surface area (Å²) >= 11 is 0. The van der Waals surface area contributed by atoms with Gasteiger partial charge in [0.2, 0.25) is 0 Å². The normalized spacial score (nSPS) is 13.1. The number of rotatable bonds is 6. The molecule has 0 aliphatic carbocycles. The van der Waals surface area contributed by atoms with E-state index in [1.807, 2.05) is 29.1 Å². The van der Waals surface area contributed by atoms with Gasteiger partial charge in [-0.2, -0.15) is 5.10 Å². The molecule has 0 unspecified atom stereocenters. The Balaban J connectivity index is 1.61. The zero-order valence-corrected chi connectivity index (χ0v) is 16.9. The fourth-order valence-corrected chi connectivity index (χ4v) is 3.39. The topological polar surface area (TPSA) is 82.4 Å². The predicted molar refractivity (Wildman–Crippen MR) is 108 cm³/mol. The molecule has 0 saturated heterocycles. The molecular weight excluding hydrogens is 370 g/mol. The van der Waals surface area contributed by atoms with Gasteiger partial charge in [-0.25, -0.2) is 4.98 Å². The summed E-state index contributed by atoms with van der Waals surface area (Å²) in [5.74, 6) is 1.36. The summed E-state index contributed by atoms with van der Waals surface area (Å²) in [7, 11) is 3.11. The molecule has 0 spiro atoms. The van der Waals surface area contributed by atoms with Gasteiger partial charge in [-0.1, -0.05) is 13.8 Å². The molecule has 0 aromatic carbocycles. The predicted octanol–water partition coefficient (Wildman–Crippen LogP) is 3.17. The third-order valence-corrected chi connectivity index (χ3v) is 4.77. The number of nitrogens with zero attached hydrogens (tertiary/aromatic N) is 5. The largest absolute Gasteiger partial charge is 0.491 e. The quantitative estimate of drug-likeness (QED) is 0.640. The van der Waals surface area contributed by atoms with Gasteiger partial charge in [0.1, 0.15) is 0 Å². The fraction of sp³-hybridized carbons (Fsp3) is 0.333. The monoisotopic (exact) mass is 393 g/mol. The summed E-state index contributed by atoms with van der Waals surface area (Å²) in [4.78, 5) is 23.5. The van der Waals surface area contributed by atoms with Crippen LogP contribution in [-0.4, -0.2) is 39.9 Å². The minimum absolute atomic E-state index is 0.0615. The lowest BCUT2D eigenvalue weighted by Crippen LogP contribution is -2.22. The summed E-state index contributed by atoms with van der Waals surface area (Å²) in [6.07, 6.45) is 5.31. The van der Waals surface area contributed by atoms with Crippen LogP contribution in [0.1, 0.15) is 29.9 Å². The number of ether oxygens (including phenoxy) is 2. The van der Waals surface area contributed by atoms with Crippen LogP contribution in [0.4, 0.5) is 5.69 Å². The van der Waals surface area contributed by atoms with Crippen LogP contribution in [-0.2, 0) is 13.1 Å². The van der Waals surface area contributed by atoms with Crippen molar-refractivity contribution in [3.8, 4) is 22.9 Å². The molecular formula is C21H23N5O3. The Bertz CT molecular complexity index is 1060. The molecule has 0 fully saturated rings. The second-order valence-electron chi connectivity index (χ2n) is 7.33. The number of amides is 1. The van der Waals surface area contributed by atoms with Crippen molar-refractivity contribution in [2.45, 2.75) is 26.9 Å². The molecule has 0 N–H and O–H groups in total. The van der Waals surface area contributed by atoms with Crippen molar-refractivity contribution in [2.24, 2.45) is 5.92 Å². The first kappa shape index (κ1) is 18.9. The molecule has 150 valence electrons. The van der Waals surface area contributed by atoms with E-state index in [9.17, 15) is 4.79 Å². The Morgan fingerprint density at radius 3 is 2.72 bits per heavy atom. The summed E-state index contributed by atoms with van der Waals surface area (Å²) < 4.78 is 12.4. The van der Waals surface area contributed by atoms with Gasteiger partial charge in [0.05, 0.1) is 49.6 Å². The van der Waals surface area contributed by atoms with Gasteiger partial charge < -0.3 is 9.47 Å². The third-order valence-electron chi connectivity index (χ3n) is 4.77. The van der Waals surface area contributed by atoms with Crippen LogP contribution in [0.25, 0.3) is 11.3 Å². The van der Waals surface area contributed by atoms with E-state index < -0.39 is 0 Å². The molecule has 8 nitrogen and oxygen atoms in total. The molecule has 4 heterocycles. The van der Waals surface area contributed by atoms with E-state index in [2.05, 4.69) is 23.9 Å². The minimum atomic E-state index is -0.0615. The zero-order chi connectivity index (χ0) is 20.5. The summed E-state index contributed by atoms with van der Waals surface area (Å²) in [5, 5.41) is 4.37. The van der Waals surface area contributed by atoms with Crippen molar-refractivity contribution in [3.63, 3.8) is 0 Å². The highest BCUT2D eigenvalue weighted by Crippen LogP contribution is 2.32. The average Bonchev–Trinajstić information content (AvgIpc) is 3.30. The Morgan fingerprint density at radius 2 is 2.00 bits per heavy atom. The molecule has 1 amide bonds. The third kappa shape index (κ3) is 3.53. The van der Waals surface area contributed by atoms with Crippen LogP contribution < -0.4 is 14.4 Å². The second-order valence-corrected chi connectivity index (χ2v) is 7.33. The SMILES string of the molecule is COc1cc(-c2ccc3c(n2)CN(c2cnn(CC(C)C)c2)C3=O)cnc1OC. The molecule has 1 aliphatic rings. The van der Waals surface area contributed by atoms with Crippen LogP contribution in [0.15, 0.2) is 36.8 Å². The van der Waals surface area contributed by atoms with E-state index in [-0.39, 0.29) is 5.91 Å². The number of methoxy groups -OCH3 is 2. The van der Waals surface area contributed by atoms with E-state index in [0.29, 0.717) is 29.7 Å². The highest BCUT2D eigenvalue weighted by atomic mass is 16.5. The fourth-order valence-electron chi connectivity index (χ4n) is 3.39. The molecule has 0 atom stereocenters. The minimum Gasteiger partial charge on any atom is -0.491 e. The number of hydrogen-bond acceptors (Lipinski definition) is 6. The Kier molecular flexibility index (Phi) is 4.92. The number of fused-ring (bicyclic) bond motifs is 1. The molecule has 3 aromatic heterocycles. The van der Waals surface area contributed by atoms with Crippen molar-refractivity contribution in [2.75, 3.05) is 19.1 Å². The standard InChI is InChI=1S/C21H23N5O3/c1-13(2)10-25-11-15(9-23-25)26-12-18-16(21(26)27)5-6-17(24-18)14-7-19(28-3)20(29-4)22-8-14/h5-9,11,13H,10,12H2,1-4H3. The van der Waals surface area contributed by atoms with E-state index in [0.717, 1.165) is 29.2 Å². The molecule has 4 rings (SSSR count). The molecule has 8 heteroatoms. The van der Waals surface area contributed by atoms with Gasteiger partial charge in [-0.05, 0) is 24.1 Å². The second kappa shape index (κ2) is 7.54. The first-order chi connectivity index (χ1) is 14.0. The maximum absolute atomic E-state index is 12.9. The Hall–Kier alpha value is -3.42. The van der Waals surface area contributed by atoms with Crippen molar-refractivity contribution in [1.82, 2.24) is 19.7 Å². The average molecular weight is 393 g/mol. The van der Waals surface area contributed by atoms with Gasteiger partial charge in [-0.15, -0.1) is 0 Å². The number of pyridine rings is 2.